The highest BCUT2D eigenvalue weighted by molar-refractivity contribution is 5.80. The number of rotatable bonds is 5. The first-order chi connectivity index (χ1) is 12.6. The van der Waals surface area contributed by atoms with Crippen LogP contribution >= 0.6 is 0 Å². The van der Waals surface area contributed by atoms with Gasteiger partial charge in [0.1, 0.15) is 5.75 Å². The average Bonchev–Trinajstić information content (AvgIpc) is 2.60. The van der Waals surface area contributed by atoms with E-state index < -0.39 is 0 Å². The van der Waals surface area contributed by atoms with Crippen molar-refractivity contribution < 1.29 is 9.53 Å². The maximum atomic E-state index is 12.7. The van der Waals surface area contributed by atoms with Crippen LogP contribution in [-0.4, -0.2) is 12.5 Å². The Labute approximate surface area is 162 Å². The van der Waals surface area contributed by atoms with Gasteiger partial charge in [0.25, 0.3) is 0 Å². The summed E-state index contributed by atoms with van der Waals surface area (Å²) < 4.78 is 5.65. The van der Waals surface area contributed by atoms with Gasteiger partial charge in [0.15, 0.2) is 0 Å². The van der Waals surface area contributed by atoms with E-state index >= 15 is 0 Å². The molecule has 1 unspecified atom stereocenters. The molecule has 0 saturated carbocycles. The van der Waals surface area contributed by atoms with E-state index in [-0.39, 0.29) is 17.3 Å². The average molecular weight is 367 g/mol. The van der Waals surface area contributed by atoms with E-state index in [4.69, 9.17) is 4.74 Å². The summed E-state index contributed by atoms with van der Waals surface area (Å²) in [7, 11) is 0. The van der Waals surface area contributed by atoms with Crippen LogP contribution < -0.4 is 4.74 Å². The van der Waals surface area contributed by atoms with Crippen molar-refractivity contribution in [1.29, 1.82) is 0 Å². The molecule has 0 heterocycles. The van der Waals surface area contributed by atoms with Crippen LogP contribution in [-0.2, 0) is 10.2 Å². The fourth-order valence-electron chi connectivity index (χ4n) is 3.09. The van der Waals surface area contributed by atoms with Gasteiger partial charge < -0.3 is 4.74 Å². The number of nitrogens with zero attached hydrogens (tertiary/aromatic N) is 2. The molecule has 1 atom stereocenters. The van der Waals surface area contributed by atoms with Gasteiger partial charge in [-0.25, -0.2) is 0 Å². The lowest BCUT2D eigenvalue weighted by molar-refractivity contribution is -0.135. The predicted octanol–water partition coefficient (Wildman–Crippen LogP) is 6.41. The summed E-state index contributed by atoms with van der Waals surface area (Å²) in [4.78, 5) is 12.7. The Morgan fingerprint density at radius 1 is 1.07 bits per heavy atom. The molecule has 144 valence electrons. The van der Waals surface area contributed by atoms with Gasteiger partial charge in [0.05, 0.1) is 18.2 Å². The molecule has 0 saturated heterocycles. The maximum absolute atomic E-state index is 12.7. The molecule has 27 heavy (non-hydrogen) atoms. The molecule has 0 N–H and O–H groups in total. The number of carbonyl (C=O) groups excluding carboxylic acids is 1. The summed E-state index contributed by atoms with van der Waals surface area (Å²) in [6.45, 7) is 15.0. The largest absolute Gasteiger partial charge is 0.426 e. The molecule has 2 aromatic rings. The van der Waals surface area contributed by atoms with Crippen LogP contribution in [0.1, 0.15) is 62.8 Å². The van der Waals surface area contributed by atoms with E-state index in [1.54, 1.807) is 6.07 Å². The van der Waals surface area contributed by atoms with E-state index in [1.165, 1.54) is 11.1 Å². The zero-order chi connectivity index (χ0) is 20.2. The third-order valence-corrected chi connectivity index (χ3v) is 4.61. The van der Waals surface area contributed by atoms with Gasteiger partial charge in [-0.1, -0.05) is 39.0 Å². The Hall–Kier alpha value is -2.49. The molecule has 2 rings (SSSR count). The number of hydrogen-bond acceptors (Lipinski definition) is 4. The van der Waals surface area contributed by atoms with Crippen molar-refractivity contribution in [3.05, 3.63) is 58.7 Å². The Morgan fingerprint density at radius 3 is 2.33 bits per heavy atom. The van der Waals surface area contributed by atoms with E-state index in [2.05, 4.69) is 50.1 Å². The molecule has 0 fully saturated rings. The molecule has 0 radical (unpaired) electrons. The van der Waals surface area contributed by atoms with Gasteiger partial charge >= 0.3 is 5.97 Å². The Morgan fingerprint density at radius 2 is 1.78 bits per heavy atom. The monoisotopic (exact) mass is 366 g/mol. The molecule has 0 aliphatic carbocycles. The van der Waals surface area contributed by atoms with Crippen LogP contribution in [0.2, 0.25) is 0 Å². The highest BCUT2D eigenvalue weighted by Gasteiger charge is 2.21. The molecular weight excluding hydrogens is 336 g/mol. The number of benzene rings is 2. The van der Waals surface area contributed by atoms with Crippen LogP contribution in [0.5, 0.6) is 5.75 Å². The third-order valence-electron chi connectivity index (χ3n) is 4.61. The number of hydrogen-bond donors (Lipinski definition) is 0. The SMILES string of the molecule is CCN=Nc1ccc(OC(=O)C(C)c2ccc(C(C)(C)C)c(C)c2)c(C)c1. The summed E-state index contributed by atoms with van der Waals surface area (Å²) in [5, 5.41) is 8.10. The molecule has 0 aliphatic rings. The van der Waals surface area contributed by atoms with Gasteiger partial charge in [-0.05, 0) is 73.6 Å². The standard InChI is InChI=1S/C23H30N2O2/c1-8-24-25-19-10-12-21(16(3)14-19)27-22(26)17(4)18-9-11-20(15(2)13-18)23(5,6)7/h9-14,17H,8H2,1-7H3. The number of esters is 1. The zero-order valence-electron chi connectivity index (χ0n) is 17.5. The van der Waals surface area contributed by atoms with Gasteiger partial charge in [-0.15, -0.1) is 0 Å². The van der Waals surface area contributed by atoms with Crippen molar-refractivity contribution in [2.45, 2.75) is 59.8 Å². The van der Waals surface area contributed by atoms with Crippen molar-refractivity contribution >= 4 is 11.7 Å². The second kappa shape index (κ2) is 8.47. The normalized spacial score (nSPS) is 13.0. The molecule has 2 aromatic carbocycles. The Bertz CT molecular complexity index is 848. The molecule has 0 aliphatic heterocycles. The molecule has 4 nitrogen and oxygen atoms in total. The molecular formula is C23H30N2O2. The minimum absolute atomic E-state index is 0.0837. The Balaban J connectivity index is 2.16. The molecule has 4 heteroatoms. The minimum atomic E-state index is -0.337. The van der Waals surface area contributed by atoms with E-state index in [1.807, 2.05) is 39.0 Å². The van der Waals surface area contributed by atoms with Crippen LogP contribution in [0.4, 0.5) is 5.69 Å². The summed E-state index contributed by atoms with van der Waals surface area (Å²) >= 11 is 0. The number of azo groups is 1. The smallest absolute Gasteiger partial charge is 0.318 e. The summed E-state index contributed by atoms with van der Waals surface area (Å²) in [5.74, 6) is -0.0363. The van der Waals surface area contributed by atoms with Gasteiger partial charge in [-0.2, -0.15) is 10.2 Å². The zero-order valence-corrected chi connectivity index (χ0v) is 17.5. The fraction of sp³-hybridized carbons (Fsp3) is 0.435. The van der Waals surface area contributed by atoms with Crippen molar-refractivity contribution in [2.75, 3.05) is 6.54 Å². The summed E-state index contributed by atoms with van der Waals surface area (Å²) in [6, 6.07) is 11.7. The molecule has 0 bridgehead atoms. The lowest BCUT2D eigenvalue weighted by atomic mass is 9.82. The van der Waals surface area contributed by atoms with Crippen molar-refractivity contribution in [2.24, 2.45) is 10.2 Å². The van der Waals surface area contributed by atoms with Crippen LogP contribution in [0, 0.1) is 13.8 Å². The number of carbonyl (C=O) groups is 1. The maximum Gasteiger partial charge on any atom is 0.318 e. The molecule has 0 spiro atoms. The van der Waals surface area contributed by atoms with Gasteiger partial charge in [0, 0.05) is 0 Å². The number of aryl methyl sites for hydroxylation is 2. The summed E-state index contributed by atoms with van der Waals surface area (Å²) in [6.07, 6.45) is 0. The second-order valence-corrected chi connectivity index (χ2v) is 7.97. The van der Waals surface area contributed by atoms with Crippen molar-refractivity contribution in [3.63, 3.8) is 0 Å². The highest BCUT2D eigenvalue weighted by atomic mass is 16.5. The lowest BCUT2D eigenvalue weighted by Gasteiger charge is -2.23. The van der Waals surface area contributed by atoms with Crippen LogP contribution in [0.3, 0.4) is 0 Å². The molecule has 0 amide bonds. The first-order valence-electron chi connectivity index (χ1n) is 9.44. The fourth-order valence-corrected chi connectivity index (χ4v) is 3.09. The predicted molar refractivity (Wildman–Crippen MR) is 110 cm³/mol. The molecule has 0 aromatic heterocycles. The van der Waals surface area contributed by atoms with Gasteiger partial charge in [0.2, 0.25) is 0 Å². The van der Waals surface area contributed by atoms with E-state index in [0.717, 1.165) is 16.8 Å². The first kappa shape index (κ1) is 20.8. The second-order valence-electron chi connectivity index (χ2n) is 7.97. The van der Waals surface area contributed by atoms with Crippen LogP contribution in [0.25, 0.3) is 0 Å². The third kappa shape index (κ3) is 5.25. The quantitative estimate of drug-likeness (QED) is 0.348. The topological polar surface area (TPSA) is 51.0 Å². The summed E-state index contributed by atoms with van der Waals surface area (Å²) in [5.41, 5.74) is 5.16. The lowest BCUT2D eigenvalue weighted by Crippen LogP contribution is -2.18. The van der Waals surface area contributed by atoms with Crippen molar-refractivity contribution in [1.82, 2.24) is 0 Å². The number of ether oxygens (including phenoxy) is 1. The van der Waals surface area contributed by atoms with Crippen molar-refractivity contribution in [3.8, 4) is 5.75 Å². The van der Waals surface area contributed by atoms with Gasteiger partial charge in [-0.3, -0.25) is 4.79 Å². The van der Waals surface area contributed by atoms with Crippen LogP contribution in [0.15, 0.2) is 46.6 Å². The minimum Gasteiger partial charge on any atom is -0.426 e. The van der Waals surface area contributed by atoms with E-state index in [0.29, 0.717) is 12.3 Å². The first-order valence-corrected chi connectivity index (χ1v) is 9.44. The Kier molecular flexibility index (Phi) is 6.53. The van der Waals surface area contributed by atoms with E-state index in [9.17, 15) is 4.79 Å². The highest BCUT2D eigenvalue weighted by Crippen LogP contribution is 2.30.